The minimum Gasteiger partial charge on any atom is -0.496 e. The molecule has 1 aliphatic heterocycles. The normalized spacial score (nSPS) is 15.9. The average Bonchev–Trinajstić information content (AvgIpc) is 3.22. The number of hydrogen-bond acceptors (Lipinski definition) is 5. The Kier molecular flexibility index (Phi) is 5.37. The summed E-state index contributed by atoms with van der Waals surface area (Å²) in [4.78, 5) is 14.6. The number of hydrogen-bond donors (Lipinski definition) is 1. The molecule has 1 atom stereocenters. The van der Waals surface area contributed by atoms with Gasteiger partial charge in [0, 0.05) is 24.7 Å². The zero-order valence-corrected chi connectivity index (χ0v) is 16.0. The summed E-state index contributed by atoms with van der Waals surface area (Å²) < 4.78 is 19.2. The molecular weight excluding hydrogens is 371 g/mol. The van der Waals surface area contributed by atoms with Crippen LogP contribution in [-0.4, -0.2) is 42.3 Å². The van der Waals surface area contributed by atoms with Crippen molar-refractivity contribution in [3.05, 3.63) is 72.0 Å². The Morgan fingerprint density at radius 2 is 1.90 bits per heavy atom. The van der Waals surface area contributed by atoms with Gasteiger partial charge in [0.2, 0.25) is 0 Å². The van der Waals surface area contributed by atoms with E-state index >= 15 is 0 Å². The zero-order valence-electron chi connectivity index (χ0n) is 16.0. The third kappa shape index (κ3) is 4.03. The highest BCUT2D eigenvalue weighted by Gasteiger charge is 2.26. The molecule has 4 rings (SSSR count). The Balaban J connectivity index is 1.41. The van der Waals surface area contributed by atoms with Crippen molar-refractivity contribution in [2.75, 3.05) is 25.1 Å². The van der Waals surface area contributed by atoms with Crippen molar-refractivity contribution in [2.45, 2.75) is 12.5 Å². The van der Waals surface area contributed by atoms with Crippen LogP contribution in [-0.2, 0) is 0 Å². The van der Waals surface area contributed by atoms with E-state index < -0.39 is 0 Å². The lowest BCUT2D eigenvalue weighted by atomic mass is 10.1. The van der Waals surface area contributed by atoms with Gasteiger partial charge in [0.05, 0.1) is 18.4 Å². The van der Waals surface area contributed by atoms with Gasteiger partial charge in [-0.3, -0.25) is 4.79 Å². The van der Waals surface area contributed by atoms with Crippen LogP contribution in [0.2, 0.25) is 0 Å². The second kappa shape index (κ2) is 8.26. The number of aromatic nitrogens is 2. The molecule has 0 saturated carbocycles. The van der Waals surface area contributed by atoms with E-state index in [2.05, 4.69) is 20.4 Å². The fourth-order valence-corrected chi connectivity index (χ4v) is 3.49. The minimum atomic E-state index is -0.324. The van der Waals surface area contributed by atoms with Crippen molar-refractivity contribution in [3.8, 4) is 17.0 Å². The molecule has 1 fully saturated rings. The summed E-state index contributed by atoms with van der Waals surface area (Å²) in [5.41, 5.74) is 1.43. The second-order valence-electron chi connectivity index (χ2n) is 6.86. The number of nitrogens with zero attached hydrogens (tertiary/aromatic N) is 3. The molecule has 1 aromatic heterocycles. The number of para-hydroxylation sites is 1. The molecule has 0 radical (unpaired) electrons. The topological polar surface area (TPSA) is 67.3 Å². The molecule has 1 N–H and O–H groups in total. The first kappa shape index (κ1) is 18.9. The number of nitrogens with one attached hydrogen (secondary N) is 1. The molecule has 7 heteroatoms. The van der Waals surface area contributed by atoms with Crippen LogP contribution in [0, 0.1) is 5.82 Å². The number of carbonyl (C=O) groups is 1. The van der Waals surface area contributed by atoms with Crippen LogP contribution in [0.4, 0.5) is 10.2 Å². The molecule has 2 aromatic carbocycles. The Hall–Kier alpha value is -3.48. The highest BCUT2D eigenvalue weighted by molar-refractivity contribution is 5.97. The fourth-order valence-electron chi connectivity index (χ4n) is 3.49. The van der Waals surface area contributed by atoms with Crippen LogP contribution < -0.4 is 15.0 Å². The summed E-state index contributed by atoms with van der Waals surface area (Å²) in [7, 11) is 1.55. The Morgan fingerprint density at radius 3 is 2.66 bits per heavy atom. The smallest absolute Gasteiger partial charge is 0.255 e. The molecule has 1 amide bonds. The first-order valence-corrected chi connectivity index (χ1v) is 9.43. The molecule has 0 spiro atoms. The second-order valence-corrected chi connectivity index (χ2v) is 6.86. The van der Waals surface area contributed by atoms with Gasteiger partial charge < -0.3 is 15.0 Å². The number of ether oxygens (including phenoxy) is 1. The van der Waals surface area contributed by atoms with Crippen LogP contribution in [0.3, 0.4) is 0 Å². The largest absolute Gasteiger partial charge is 0.496 e. The quantitative estimate of drug-likeness (QED) is 0.722. The summed E-state index contributed by atoms with van der Waals surface area (Å²) in [5, 5.41) is 11.5. The number of rotatable bonds is 5. The number of benzene rings is 2. The van der Waals surface area contributed by atoms with Crippen LogP contribution >= 0.6 is 0 Å². The maximum Gasteiger partial charge on any atom is 0.255 e. The Bertz CT molecular complexity index is 1010. The van der Waals surface area contributed by atoms with E-state index in [0.717, 1.165) is 13.0 Å². The highest BCUT2D eigenvalue weighted by Crippen LogP contribution is 2.24. The SMILES string of the molecule is COc1ccccc1C(=O)N[C@H]1CCN(c2ccc(-c3ccccc3F)nn2)C1. The van der Waals surface area contributed by atoms with Gasteiger partial charge in [0.15, 0.2) is 5.82 Å². The first-order chi connectivity index (χ1) is 14.2. The molecular formula is C22H21FN4O2. The molecule has 0 bridgehead atoms. The third-order valence-electron chi connectivity index (χ3n) is 5.00. The lowest BCUT2D eigenvalue weighted by molar-refractivity contribution is 0.0937. The molecule has 1 saturated heterocycles. The molecule has 2 heterocycles. The van der Waals surface area contributed by atoms with Gasteiger partial charge in [-0.25, -0.2) is 4.39 Å². The predicted octanol–water partition coefficient (Wildman–Crippen LogP) is 3.30. The van der Waals surface area contributed by atoms with Crippen molar-refractivity contribution < 1.29 is 13.9 Å². The van der Waals surface area contributed by atoms with Crippen molar-refractivity contribution >= 4 is 11.7 Å². The van der Waals surface area contributed by atoms with Gasteiger partial charge in [-0.2, -0.15) is 0 Å². The summed E-state index contributed by atoms with van der Waals surface area (Å²) >= 11 is 0. The lowest BCUT2D eigenvalue weighted by Gasteiger charge is -2.18. The van der Waals surface area contributed by atoms with Crippen LogP contribution in [0.15, 0.2) is 60.7 Å². The Morgan fingerprint density at radius 1 is 1.10 bits per heavy atom. The van der Waals surface area contributed by atoms with E-state index in [-0.39, 0.29) is 17.8 Å². The number of anilines is 1. The highest BCUT2D eigenvalue weighted by atomic mass is 19.1. The fraction of sp³-hybridized carbons (Fsp3) is 0.227. The number of amides is 1. The van der Waals surface area contributed by atoms with Crippen molar-refractivity contribution in [1.82, 2.24) is 15.5 Å². The summed E-state index contributed by atoms with van der Waals surface area (Å²) in [5.74, 6) is 0.777. The number of methoxy groups -OCH3 is 1. The molecule has 3 aromatic rings. The molecule has 0 unspecified atom stereocenters. The van der Waals surface area contributed by atoms with E-state index in [0.29, 0.717) is 34.9 Å². The van der Waals surface area contributed by atoms with E-state index in [9.17, 15) is 9.18 Å². The summed E-state index contributed by atoms with van der Waals surface area (Å²) in [6, 6.07) is 17.2. The number of carbonyl (C=O) groups excluding carboxylic acids is 1. The minimum absolute atomic E-state index is 0.000423. The molecule has 1 aliphatic rings. The number of halogens is 1. The predicted molar refractivity (Wildman–Crippen MR) is 109 cm³/mol. The van der Waals surface area contributed by atoms with E-state index in [4.69, 9.17) is 4.74 Å². The average molecular weight is 392 g/mol. The third-order valence-corrected chi connectivity index (χ3v) is 5.00. The standard InChI is InChI=1S/C22H21FN4O2/c1-29-20-9-5-3-7-17(20)22(28)24-15-12-13-27(14-15)21-11-10-19(25-26-21)16-6-2-4-8-18(16)23/h2-11,15H,12-14H2,1H3,(H,24,28)/t15-/m0/s1. The van der Waals surface area contributed by atoms with Gasteiger partial charge in [0.25, 0.3) is 5.91 Å². The van der Waals surface area contributed by atoms with Crippen molar-refractivity contribution in [3.63, 3.8) is 0 Å². The molecule has 0 aliphatic carbocycles. The van der Waals surface area contributed by atoms with Gasteiger partial charge >= 0.3 is 0 Å². The van der Waals surface area contributed by atoms with E-state index in [1.807, 2.05) is 18.2 Å². The van der Waals surface area contributed by atoms with E-state index in [1.54, 1.807) is 43.5 Å². The molecule has 6 nitrogen and oxygen atoms in total. The van der Waals surface area contributed by atoms with Gasteiger partial charge in [-0.15, -0.1) is 10.2 Å². The van der Waals surface area contributed by atoms with E-state index in [1.165, 1.54) is 6.07 Å². The van der Waals surface area contributed by atoms with Gasteiger partial charge in [0.1, 0.15) is 11.6 Å². The van der Waals surface area contributed by atoms with Gasteiger partial charge in [-0.05, 0) is 42.8 Å². The Labute approximate surface area is 168 Å². The van der Waals surface area contributed by atoms with Crippen LogP contribution in [0.1, 0.15) is 16.8 Å². The van der Waals surface area contributed by atoms with Gasteiger partial charge in [-0.1, -0.05) is 24.3 Å². The maximum absolute atomic E-state index is 13.9. The van der Waals surface area contributed by atoms with Crippen molar-refractivity contribution in [2.24, 2.45) is 0 Å². The summed E-state index contributed by atoms with van der Waals surface area (Å²) in [6.07, 6.45) is 0.803. The monoisotopic (exact) mass is 392 g/mol. The summed E-state index contributed by atoms with van der Waals surface area (Å²) in [6.45, 7) is 1.39. The zero-order chi connectivity index (χ0) is 20.2. The maximum atomic E-state index is 13.9. The van der Waals surface area contributed by atoms with Crippen LogP contribution in [0.25, 0.3) is 11.3 Å². The first-order valence-electron chi connectivity index (χ1n) is 9.43. The molecule has 29 heavy (non-hydrogen) atoms. The molecule has 148 valence electrons. The lowest BCUT2D eigenvalue weighted by Crippen LogP contribution is -2.37. The van der Waals surface area contributed by atoms with Crippen molar-refractivity contribution in [1.29, 1.82) is 0 Å². The van der Waals surface area contributed by atoms with Crippen LogP contribution in [0.5, 0.6) is 5.75 Å².